The summed E-state index contributed by atoms with van der Waals surface area (Å²) in [7, 11) is 1.67. The number of fused-ring (bicyclic) bond motifs is 2. The van der Waals surface area contributed by atoms with Crippen molar-refractivity contribution in [1.82, 2.24) is 14.4 Å². The lowest BCUT2D eigenvalue weighted by atomic mass is 10.1. The molecule has 1 N–H and O–H groups in total. The molecule has 6 nitrogen and oxygen atoms in total. The highest BCUT2D eigenvalue weighted by atomic mass is 16.5. The number of aryl methyl sites for hydroxylation is 3. The van der Waals surface area contributed by atoms with Crippen molar-refractivity contribution in [3.63, 3.8) is 0 Å². The average Bonchev–Trinajstić information content (AvgIpc) is 3.19. The number of imidazole rings is 1. The van der Waals surface area contributed by atoms with Crippen LogP contribution < -0.4 is 10.1 Å². The normalized spacial score (nSPS) is 11.3. The molecule has 26 heavy (non-hydrogen) atoms. The van der Waals surface area contributed by atoms with E-state index in [1.54, 1.807) is 7.11 Å². The number of rotatable bonds is 6. The van der Waals surface area contributed by atoms with Gasteiger partial charge in [-0.3, -0.25) is 0 Å². The zero-order valence-electron chi connectivity index (χ0n) is 15.2. The van der Waals surface area contributed by atoms with E-state index in [1.807, 2.05) is 31.3 Å². The van der Waals surface area contributed by atoms with Gasteiger partial charge in [0, 0.05) is 24.5 Å². The molecule has 0 aliphatic heterocycles. The van der Waals surface area contributed by atoms with Crippen LogP contribution in [0.2, 0.25) is 0 Å². The first-order valence-electron chi connectivity index (χ1n) is 8.83. The molecule has 0 saturated carbocycles. The Labute approximate surface area is 151 Å². The second-order valence-electron chi connectivity index (χ2n) is 6.29. The van der Waals surface area contributed by atoms with Gasteiger partial charge < -0.3 is 18.9 Å². The Bertz CT molecular complexity index is 1060. The fourth-order valence-corrected chi connectivity index (χ4v) is 3.18. The largest absolute Gasteiger partial charge is 0.497 e. The lowest BCUT2D eigenvalue weighted by molar-refractivity contribution is 0.414. The van der Waals surface area contributed by atoms with Gasteiger partial charge in [0.1, 0.15) is 16.9 Å². The van der Waals surface area contributed by atoms with Crippen molar-refractivity contribution in [2.24, 2.45) is 0 Å². The number of anilines is 1. The monoisotopic (exact) mass is 350 g/mol. The van der Waals surface area contributed by atoms with E-state index in [0.29, 0.717) is 6.01 Å². The standard InChI is InChI=1S/C20H22N4O2/c1-4-21-20-23-17-8-6-14(11-18(17)26-20)5-7-16-13(2)24-10-9-15(25-3)12-19(24)22-16/h6,8-12H,4-5,7H2,1-3H3,(H,21,23). The number of aromatic nitrogens is 3. The van der Waals surface area contributed by atoms with E-state index >= 15 is 0 Å². The van der Waals surface area contributed by atoms with Crippen molar-refractivity contribution in [1.29, 1.82) is 0 Å². The van der Waals surface area contributed by atoms with E-state index < -0.39 is 0 Å². The van der Waals surface area contributed by atoms with Crippen LogP contribution in [0.5, 0.6) is 5.75 Å². The van der Waals surface area contributed by atoms with E-state index in [2.05, 4.69) is 33.8 Å². The number of nitrogens with one attached hydrogen (secondary N) is 1. The summed E-state index contributed by atoms with van der Waals surface area (Å²) in [6, 6.07) is 10.7. The smallest absolute Gasteiger partial charge is 0.295 e. The molecule has 134 valence electrons. The van der Waals surface area contributed by atoms with Crippen molar-refractivity contribution >= 4 is 22.8 Å². The Morgan fingerprint density at radius 3 is 2.85 bits per heavy atom. The SMILES string of the molecule is CCNc1nc2ccc(CCc3nc4cc(OC)ccn4c3C)cc2o1. The molecule has 0 unspecified atom stereocenters. The van der Waals surface area contributed by atoms with E-state index in [-0.39, 0.29) is 0 Å². The van der Waals surface area contributed by atoms with E-state index in [9.17, 15) is 0 Å². The maximum atomic E-state index is 5.74. The molecule has 0 saturated heterocycles. The maximum absolute atomic E-state index is 5.74. The minimum atomic E-state index is 0.574. The lowest BCUT2D eigenvalue weighted by Gasteiger charge is -2.01. The second-order valence-corrected chi connectivity index (χ2v) is 6.29. The molecule has 0 aliphatic carbocycles. The third kappa shape index (κ3) is 2.98. The van der Waals surface area contributed by atoms with Gasteiger partial charge in [0.15, 0.2) is 5.58 Å². The number of ether oxygens (including phenoxy) is 1. The number of hydrogen-bond acceptors (Lipinski definition) is 5. The molecule has 0 atom stereocenters. The van der Waals surface area contributed by atoms with Crippen molar-refractivity contribution < 1.29 is 9.15 Å². The number of methoxy groups -OCH3 is 1. The Hall–Kier alpha value is -3.02. The number of hydrogen-bond donors (Lipinski definition) is 1. The molecule has 0 fully saturated rings. The molecular weight excluding hydrogens is 328 g/mol. The van der Waals surface area contributed by atoms with Crippen molar-refractivity contribution in [2.75, 3.05) is 19.0 Å². The van der Waals surface area contributed by atoms with Crippen molar-refractivity contribution in [3.05, 3.63) is 53.5 Å². The lowest BCUT2D eigenvalue weighted by Crippen LogP contribution is -1.95. The molecule has 0 aliphatic rings. The highest BCUT2D eigenvalue weighted by Crippen LogP contribution is 2.22. The molecule has 0 radical (unpaired) electrons. The highest BCUT2D eigenvalue weighted by molar-refractivity contribution is 5.75. The van der Waals surface area contributed by atoms with Crippen LogP contribution in [-0.4, -0.2) is 28.0 Å². The first-order chi connectivity index (χ1) is 12.7. The molecule has 3 aromatic heterocycles. The highest BCUT2D eigenvalue weighted by Gasteiger charge is 2.10. The summed E-state index contributed by atoms with van der Waals surface area (Å²) >= 11 is 0. The molecule has 0 spiro atoms. The van der Waals surface area contributed by atoms with E-state index in [4.69, 9.17) is 14.1 Å². The second kappa shape index (κ2) is 6.71. The summed E-state index contributed by atoms with van der Waals surface area (Å²) in [6.45, 7) is 4.91. The predicted octanol–water partition coefficient (Wildman–Crippen LogP) is 4.01. The number of oxazole rings is 1. The Balaban J connectivity index is 1.55. The zero-order valence-corrected chi connectivity index (χ0v) is 15.2. The quantitative estimate of drug-likeness (QED) is 0.569. The van der Waals surface area contributed by atoms with Gasteiger partial charge in [0.25, 0.3) is 6.01 Å². The summed E-state index contributed by atoms with van der Waals surface area (Å²) in [6.07, 6.45) is 3.77. The van der Waals surface area contributed by atoms with Gasteiger partial charge in [-0.1, -0.05) is 6.07 Å². The minimum Gasteiger partial charge on any atom is -0.497 e. The topological polar surface area (TPSA) is 64.6 Å². The van der Waals surface area contributed by atoms with Crippen LogP contribution in [0, 0.1) is 6.92 Å². The van der Waals surface area contributed by atoms with Crippen molar-refractivity contribution in [3.8, 4) is 5.75 Å². The fourth-order valence-electron chi connectivity index (χ4n) is 3.18. The van der Waals surface area contributed by atoms with E-state index in [0.717, 1.165) is 53.3 Å². The van der Waals surface area contributed by atoms with Gasteiger partial charge in [-0.2, -0.15) is 4.98 Å². The maximum Gasteiger partial charge on any atom is 0.295 e. The fraction of sp³-hybridized carbons (Fsp3) is 0.300. The van der Waals surface area contributed by atoms with Crippen LogP contribution in [0.25, 0.3) is 16.7 Å². The Kier molecular flexibility index (Phi) is 4.24. The zero-order chi connectivity index (χ0) is 18.1. The molecule has 0 bridgehead atoms. The summed E-state index contributed by atoms with van der Waals surface area (Å²) in [5.74, 6) is 0.821. The van der Waals surface area contributed by atoms with Gasteiger partial charge in [0.2, 0.25) is 0 Å². The van der Waals surface area contributed by atoms with Crippen LogP contribution in [0.3, 0.4) is 0 Å². The molecule has 4 aromatic rings. The molecular formula is C20H22N4O2. The summed E-state index contributed by atoms with van der Waals surface area (Å²) in [4.78, 5) is 9.18. The summed E-state index contributed by atoms with van der Waals surface area (Å²) < 4.78 is 13.1. The molecule has 0 amide bonds. The van der Waals surface area contributed by atoms with Gasteiger partial charge >= 0.3 is 0 Å². The van der Waals surface area contributed by atoms with Gasteiger partial charge in [-0.25, -0.2) is 4.98 Å². The number of pyridine rings is 1. The first-order valence-corrected chi connectivity index (χ1v) is 8.83. The molecule has 4 rings (SSSR count). The summed E-state index contributed by atoms with van der Waals surface area (Å²) in [5, 5.41) is 3.11. The van der Waals surface area contributed by atoms with Crippen LogP contribution in [0.4, 0.5) is 6.01 Å². The number of nitrogens with zero attached hydrogens (tertiary/aromatic N) is 3. The minimum absolute atomic E-state index is 0.574. The van der Waals surface area contributed by atoms with Gasteiger partial charge in [-0.05, 0) is 50.5 Å². The molecule has 6 heteroatoms. The van der Waals surface area contributed by atoms with Crippen molar-refractivity contribution in [2.45, 2.75) is 26.7 Å². The van der Waals surface area contributed by atoms with Crippen LogP contribution in [0.1, 0.15) is 23.9 Å². The Morgan fingerprint density at radius 1 is 1.15 bits per heavy atom. The van der Waals surface area contributed by atoms with Crippen LogP contribution in [-0.2, 0) is 12.8 Å². The van der Waals surface area contributed by atoms with Crippen LogP contribution >= 0.6 is 0 Å². The number of benzene rings is 1. The third-order valence-corrected chi connectivity index (χ3v) is 4.60. The van der Waals surface area contributed by atoms with E-state index in [1.165, 1.54) is 5.56 Å². The van der Waals surface area contributed by atoms with Gasteiger partial charge in [0.05, 0.1) is 12.8 Å². The first kappa shape index (κ1) is 16.4. The Morgan fingerprint density at radius 2 is 2.04 bits per heavy atom. The molecule has 3 heterocycles. The average molecular weight is 350 g/mol. The summed E-state index contributed by atoms with van der Waals surface area (Å²) in [5.41, 5.74) is 6.08. The van der Waals surface area contributed by atoms with Gasteiger partial charge in [-0.15, -0.1) is 0 Å². The third-order valence-electron chi connectivity index (χ3n) is 4.60. The van der Waals surface area contributed by atoms with Crippen LogP contribution in [0.15, 0.2) is 40.9 Å². The predicted molar refractivity (Wildman–Crippen MR) is 102 cm³/mol. The molecule has 1 aromatic carbocycles.